The summed E-state index contributed by atoms with van der Waals surface area (Å²) in [6, 6.07) is 17.0. The second-order valence-electron chi connectivity index (χ2n) is 3.89. The van der Waals surface area contributed by atoms with Crippen LogP contribution in [0.3, 0.4) is 0 Å². The minimum absolute atomic E-state index is 0.912. The molecule has 1 radical (unpaired) electrons. The fourth-order valence-corrected chi connectivity index (χ4v) is 1.80. The van der Waals surface area contributed by atoms with Gasteiger partial charge in [-0.05, 0) is 30.7 Å². The van der Waals surface area contributed by atoms with Crippen LogP contribution in [0.1, 0.15) is 5.56 Å². The number of hydrogen-bond donors (Lipinski definition) is 1. The van der Waals surface area contributed by atoms with Gasteiger partial charge in [0.2, 0.25) is 0 Å². The molecular formula is C14H11N2. The Morgan fingerprint density at radius 2 is 1.94 bits per heavy atom. The maximum atomic E-state index is 4.57. The van der Waals surface area contributed by atoms with E-state index in [4.69, 9.17) is 0 Å². The molecule has 1 heterocycles. The van der Waals surface area contributed by atoms with Gasteiger partial charge in [0.15, 0.2) is 0 Å². The van der Waals surface area contributed by atoms with E-state index in [1.54, 1.807) is 0 Å². The van der Waals surface area contributed by atoms with Crippen molar-refractivity contribution in [1.82, 2.24) is 9.97 Å². The van der Waals surface area contributed by atoms with E-state index in [0.717, 1.165) is 22.4 Å². The van der Waals surface area contributed by atoms with Crippen LogP contribution in [0.15, 0.2) is 42.5 Å². The van der Waals surface area contributed by atoms with Crippen LogP contribution in [-0.4, -0.2) is 9.97 Å². The summed E-state index contributed by atoms with van der Waals surface area (Å²) >= 11 is 0. The molecule has 1 N–H and O–H groups in total. The van der Waals surface area contributed by atoms with Crippen molar-refractivity contribution in [1.29, 1.82) is 0 Å². The van der Waals surface area contributed by atoms with Gasteiger partial charge >= 0.3 is 0 Å². The van der Waals surface area contributed by atoms with Crippen LogP contribution in [0.4, 0.5) is 0 Å². The molecule has 3 rings (SSSR count). The molecule has 0 fully saturated rings. The van der Waals surface area contributed by atoms with Gasteiger partial charge in [-0.25, -0.2) is 4.98 Å². The average Bonchev–Trinajstić information content (AvgIpc) is 2.73. The van der Waals surface area contributed by atoms with Gasteiger partial charge in [-0.15, -0.1) is 0 Å². The molecule has 77 valence electrons. The number of rotatable bonds is 1. The highest BCUT2D eigenvalue weighted by molar-refractivity contribution is 5.79. The fraction of sp³-hybridized carbons (Fsp3) is 0.0714. The third-order valence-electron chi connectivity index (χ3n) is 2.63. The lowest BCUT2D eigenvalue weighted by molar-refractivity contribution is 1.33. The minimum Gasteiger partial charge on any atom is -0.338 e. The fourth-order valence-electron chi connectivity index (χ4n) is 1.80. The van der Waals surface area contributed by atoms with Crippen molar-refractivity contribution in [2.45, 2.75) is 6.92 Å². The molecule has 0 atom stereocenters. The topological polar surface area (TPSA) is 28.7 Å². The van der Waals surface area contributed by atoms with Gasteiger partial charge < -0.3 is 4.98 Å². The van der Waals surface area contributed by atoms with Crippen molar-refractivity contribution in [3.8, 4) is 11.4 Å². The lowest BCUT2D eigenvalue weighted by atomic mass is 10.2. The molecule has 0 aliphatic heterocycles. The number of fused-ring (bicyclic) bond motifs is 1. The van der Waals surface area contributed by atoms with Crippen molar-refractivity contribution < 1.29 is 0 Å². The molecule has 2 aromatic carbocycles. The van der Waals surface area contributed by atoms with Crippen LogP contribution in [0, 0.1) is 13.0 Å². The van der Waals surface area contributed by atoms with Crippen molar-refractivity contribution in [2.24, 2.45) is 0 Å². The summed E-state index contributed by atoms with van der Waals surface area (Å²) < 4.78 is 0. The second kappa shape index (κ2) is 3.49. The Bertz CT molecular complexity index is 624. The predicted octanol–water partition coefficient (Wildman–Crippen LogP) is 3.34. The normalized spacial score (nSPS) is 10.8. The Labute approximate surface area is 94.0 Å². The number of aromatic nitrogens is 2. The van der Waals surface area contributed by atoms with Gasteiger partial charge in [0, 0.05) is 5.56 Å². The number of hydrogen-bond acceptors (Lipinski definition) is 1. The minimum atomic E-state index is 0.912. The summed E-state index contributed by atoms with van der Waals surface area (Å²) in [6.45, 7) is 2.07. The molecule has 0 amide bonds. The SMILES string of the molecule is Cc1ccc2[nH]c(-c3cc[c]cc3)nc2c1. The Morgan fingerprint density at radius 1 is 1.12 bits per heavy atom. The quantitative estimate of drug-likeness (QED) is 0.651. The molecule has 1 aromatic heterocycles. The highest BCUT2D eigenvalue weighted by Gasteiger charge is 2.04. The number of aryl methyl sites for hydroxylation is 1. The summed E-state index contributed by atoms with van der Waals surface area (Å²) in [5, 5.41) is 0. The van der Waals surface area contributed by atoms with Crippen molar-refractivity contribution in [2.75, 3.05) is 0 Å². The van der Waals surface area contributed by atoms with Gasteiger partial charge in [0.05, 0.1) is 11.0 Å². The first-order chi connectivity index (χ1) is 7.83. The lowest BCUT2D eigenvalue weighted by Gasteiger charge is -1.92. The highest BCUT2D eigenvalue weighted by Crippen LogP contribution is 2.20. The summed E-state index contributed by atoms with van der Waals surface area (Å²) in [4.78, 5) is 7.89. The summed E-state index contributed by atoms with van der Waals surface area (Å²) in [6.07, 6.45) is 0. The molecule has 0 saturated carbocycles. The maximum absolute atomic E-state index is 4.57. The van der Waals surface area contributed by atoms with Gasteiger partial charge in [0.1, 0.15) is 5.82 Å². The van der Waals surface area contributed by atoms with Crippen LogP contribution < -0.4 is 0 Å². The molecule has 0 bridgehead atoms. The number of nitrogens with zero attached hydrogens (tertiary/aromatic N) is 1. The number of benzene rings is 2. The van der Waals surface area contributed by atoms with Gasteiger partial charge in [-0.1, -0.05) is 30.3 Å². The zero-order chi connectivity index (χ0) is 11.0. The molecule has 0 saturated heterocycles. The van der Waals surface area contributed by atoms with E-state index in [1.165, 1.54) is 5.56 Å². The standard InChI is InChI=1S/C14H11N2/c1-10-7-8-12-13(9-10)16-14(15-12)11-5-3-2-4-6-11/h3-9H,1H3,(H,15,16). The van der Waals surface area contributed by atoms with Crippen LogP contribution in [0.2, 0.25) is 0 Å². The van der Waals surface area contributed by atoms with Crippen molar-refractivity contribution in [3.63, 3.8) is 0 Å². The molecular weight excluding hydrogens is 196 g/mol. The smallest absolute Gasteiger partial charge is 0.138 e. The molecule has 0 aliphatic carbocycles. The van der Waals surface area contributed by atoms with Crippen LogP contribution in [0.25, 0.3) is 22.4 Å². The summed E-state index contributed by atoms with van der Waals surface area (Å²) in [5.41, 5.74) is 4.41. The van der Waals surface area contributed by atoms with E-state index in [9.17, 15) is 0 Å². The third kappa shape index (κ3) is 1.48. The molecule has 0 aliphatic rings. The Balaban J connectivity index is 2.19. The van der Waals surface area contributed by atoms with E-state index in [-0.39, 0.29) is 0 Å². The second-order valence-corrected chi connectivity index (χ2v) is 3.89. The van der Waals surface area contributed by atoms with E-state index < -0.39 is 0 Å². The summed E-state index contributed by atoms with van der Waals surface area (Å²) in [7, 11) is 0. The lowest BCUT2D eigenvalue weighted by Crippen LogP contribution is -1.78. The Morgan fingerprint density at radius 3 is 2.75 bits per heavy atom. The highest BCUT2D eigenvalue weighted by atomic mass is 14.9. The first-order valence-corrected chi connectivity index (χ1v) is 5.26. The Hall–Kier alpha value is -2.09. The number of imidazole rings is 1. The molecule has 0 unspecified atom stereocenters. The van der Waals surface area contributed by atoms with E-state index >= 15 is 0 Å². The molecule has 3 aromatic rings. The van der Waals surface area contributed by atoms with Crippen LogP contribution in [-0.2, 0) is 0 Å². The summed E-state index contributed by atoms with van der Waals surface area (Å²) in [5.74, 6) is 0.912. The maximum Gasteiger partial charge on any atom is 0.138 e. The van der Waals surface area contributed by atoms with E-state index in [2.05, 4.69) is 41.2 Å². The first-order valence-electron chi connectivity index (χ1n) is 5.26. The van der Waals surface area contributed by atoms with E-state index in [0.29, 0.717) is 0 Å². The zero-order valence-corrected chi connectivity index (χ0v) is 8.99. The molecule has 16 heavy (non-hydrogen) atoms. The number of nitrogens with one attached hydrogen (secondary N) is 1. The molecule has 2 heteroatoms. The number of aromatic amines is 1. The van der Waals surface area contributed by atoms with Crippen LogP contribution >= 0.6 is 0 Å². The van der Waals surface area contributed by atoms with Crippen molar-refractivity contribution in [3.05, 3.63) is 54.1 Å². The third-order valence-corrected chi connectivity index (χ3v) is 2.63. The zero-order valence-electron chi connectivity index (χ0n) is 8.99. The average molecular weight is 207 g/mol. The van der Waals surface area contributed by atoms with Crippen LogP contribution in [0.5, 0.6) is 0 Å². The predicted molar refractivity (Wildman–Crippen MR) is 65.1 cm³/mol. The number of H-pyrrole nitrogens is 1. The largest absolute Gasteiger partial charge is 0.338 e. The van der Waals surface area contributed by atoms with Gasteiger partial charge in [-0.3, -0.25) is 0 Å². The monoisotopic (exact) mass is 207 g/mol. The molecule has 2 nitrogen and oxygen atoms in total. The van der Waals surface area contributed by atoms with Gasteiger partial charge in [-0.2, -0.15) is 0 Å². The first kappa shape index (κ1) is 9.16. The van der Waals surface area contributed by atoms with Crippen molar-refractivity contribution >= 4 is 11.0 Å². The Kier molecular flexibility index (Phi) is 2.00. The molecule has 0 spiro atoms. The van der Waals surface area contributed by atoms with E-state index in [1.807, 2.05) is 24.3 Å². The van der Waals surface area contributed by atoms with Gasteiger partial charge in [0.25, 0.3) is 0 Å².